The second kappa shape index (κ2) is 10.5. The maximum Gasteiger partial charge on any atom is 0.338 e. The lowest BCUT2D eigenvalue weighted by Crippen LogP contribution is -2.49. The highest BCUT2D eigenvalue weighted by Crippen LogP contribution is 2.19. The molecule has 0 bridgehead atoms. The summed E-state index contributed by atoms with van der Waals surface area (Å²) in [5.74, 6) is -1.31. The fourth-order valence-electron chi connectivity index (χ4n) is 3.87. The number of anilines is 1. The van der Waals surface area contributed by atoms with Crippen LogP contribution >= 0.6 is 0 Å². The number of carbonyl (C=O) groups is 2. The molecule has 2 aromatic carbocycles. The van der Waals surface area contributed by atoms with Crippen LogP contribution in [0.3, 0.4) is 0 Å². The first-order valence-corrected chi connectivity index (χ1v) is 12.4. The van der Waals surface area contributed by atoms with Crippen molar-refractivity contribution < 1.29 is 31.9 Å². The summed E-state index contributed by atoms with van der Waals surface area (Å²) in [7, 11) is -3.65. The Bertz CT molecular complexity index is 1110. The molecule has 0 N–H and O–H groups in total. The van der Waals surface area contributed by atoms with Crippen LogP contribution in [0.4, 0.5) is 10.1 Å². The number of carbonyl (C=O) groups excluding carboxylic acids is 2. The Morgan fingerprint density at radius 2 is 1.50 bits per heavy atom. The van der Waals surface area contributed by atoms with Gasteiger partial charge in [-0.15, -0.1) is 0 Å². The standard InChI is InChI=1S/C23H26FN3O6S/c24-19-3-5-20(6-4-19)25-9-11-26(12-10-25)22(28)17-33-23(29)18-1-7-21(8-2-18)34(30,31)27-13-15-32-16-14-27/h1-8H,9-17H2. The summed E-state index contributed by atoms with van der Waals surface area (Å²) in [4.78, 5) is 28.6. The molecule has 4 rings (SSSR count). The molecule has 0 saturated carbocycles. The molecule has 1 amide bonds. The maximum absolute atomic E-state index is 13.1. The van der Waals surface area contributed by atoms with Crippen LogP contribution in [0.25, 0.3) is 0 Å². The van der Waals surface area contributed by atoms with Gasteiger partial charge in [-0.3, -0.25) is 4.79 Å². The Balaban J connectivity index is 1.26. The van der Waals surface area contributed by atoms with E-state index < -0.39 is 22.6 Å². The molecule has 0 atom stereocenters. The lowest BCUT2D eigenvalue weighted by atomic mass is 10.2. The van der Waals surface area contributed by atoms with Crippen molar-refractivity contribution in [3.63, 3.8) is 0 Å². The van der Waals surface area contributed by atoms with Crippen molar-refractivity contribution in [2.24, 2.45) is 0 Å². The van der Waals surface area contributed by atoms with E-state index in [0.29, 0.717) is 39.4 Å². The topological polar surface area (TPSA) is 96.5 Å². The van der Waals surface area contributed by atoms with Gasteiger partial charge >= 0.3 is 5.97 Å². The number of nitrogens with zero attached hydrogens (tertiary/aromatic N) is 3. The fraction of sp³-hybridized carbons (Fsp3) is 0.391. The van der Waals surface area contributed by atoms with Crippen molar-refractivity contribution in [1.82, 2.24) is 9.21 Å². The molecule has 2 fully saturated rings. The quantitative estimate of drug-likeness (QED) is 0.563. The second-order valence-electron chi connectivity index (χ2n) is 7.96. The summed E-state index contributed by atoms with van der Waals surface area (Å²) in [6.45, 7) is 2.96. The predicted octanol–water partition coefficient (Wildman–Crippen LogP) is 1.35. The van der Waals surface area contributed by atoms with Gasteiger partial charge in [-0.1, -0.05) is 0 Å². The summed E-state index contributed by atoms with van der Waals surface area (Å²) in [5, 5.41) is 0. The highest BCUT2D eigenvalue weighted by atomic mass is 32.2. The van der Waals surface area contributed by atoms with Gasteiger partial charge in [-0.2, -0.15) is 4.31 Å². The molecule has 0 aromatic heterocycles. The minimum atomic E-state index is -3.65. The molecule has 34 heavy (non-hydrogen) atoms. The number of rotatable bonds is 6. The van der Waals surface area contributed by atoms with Gasteiger partial charge in [0.2, 0.25) is 10.0 Å². The van der Waals surface area contributed by atoms with Crippen LogP contribution in [0.2, 0.25) is 0 Å². The van der Waals surface area contributed by atoms with E-state index in [1.165, 1.54) is 40.7 Å². The molecule has 2 aliphatic heterocycles. The van der Waals surface area contributed by atoms with Crippen molar-refractivity contribution in [1.29, 1.82) is 0 Å². The number of hydrogen-bond donors (Lipinski definition) is 0. The number of sulfonamides is 1. The van der Waals surface area contributed by atoms with E-state index in [1.54, 1.807) is 17.0 Å². The third-order valence-electron chi connectivity index (χ3n) is 5.85. The lowest BCUT2D eigenvalue weighted by molar-refractivity contribution is -0.134. The molecule has 2 aliphatic rings. The molecule has 182 valence electrons. The summed E-state index contributed by atoms with van der Waals surface area (Å²) < 4.78 is 50.1. The average Bonchev–Trinajstić information content (AvgIpc) is 2.88. The van der Waals surface area contributed by atoms with Crippen LogP contribution in [0.1, 0.15) is 10.4 Å². The van der Waals surface area contributed by atoms with Gasteiger partial charge in [0.25, 0.3) is 5.91 Å². The van der Waals surface area contributed by atoms with Crippen molar-refractivity contribution in [3.05, 3.63) is 59.9 Å². The monoisotopic (exact) mass is 491 g/mol. The van der Waals surface area contributed by atoms with E-state index in [0.717, 1.165) is 5.69 Å². The van der Waals surface area contributed by atoms with Crippen LogP contribution < -0.4 is 4.90 Å². The molecular formula is C23H26FN3O6S. The summed E-state index contributed by atoms with van der Waals surface area (Å²) >= 11 is 0. The summed E-state index contributed by atoms with van der Waals surface area (Å²) in [6, 6.07) is 11.7. The molecular weight excluding hydrogens is 465 g/mol. The summed E-state index contributed by atoms with van der Waals surface area (Å²) in [5.41, 5.74) is 1.05. The highest BCUT2D eigenvalue weighted by molar-refractivity contribution is 7.89. The zero-order valence-electron chi connectivity index (χ0n) is 18.6. The van der Waals surface area contributed by atoms with E-state index in [4.69, 9.17) is 9.47 Å². The molecule has 2 saturated heterocycles. The molecule has 2 aromatic rings. The van der Waals surface area contributed by atoms with Gasteiger partial charge in [0, 0.05) is 45.0 Å². The van der Waals surface area contributed by atoms with Crippen LogP contribution in [0.15, 0.2) is 53.4 Å². The predicted molar refractivity (Wildman–Crippen MR) is 121 cm³/mol. The number of benzene rings is 2. The third-order valence-corrected chi connectivity index (χ3v) is 7.76. The minimum absolute atomic E-state index is 0.0843. The number of morpholine rings is 1. The van der Waals surface area contributed by atoms with Crippen LogP contribution in [0.5, 0.6) is 0 Å². The van der Waals surface area contributed by atoms with Crippen molar-refractivity contribution >= 4 is 27.6 Å². The Hall–Kier alpha value is -3.02. The zero-order valence-corrected chi connectivity index (χ0v) is 19.4. The molecule has 0 unspecified atom stereocenters. The smallest absolute Gasteiger partial charge is 0.338 e. The molecule has 0 spiro atoms. The lowest BCUT2D eigenvalue weighted by Gasteiger charge is -2.36. The van der Waals surface area contributed by atoms with Gasteiger partial charge in [0.05, 0.1) is 23.7 Å². The van der Waals surface area contributed by atoms with E-state index in [1.807, 2.05) is 0 Å². The number of halogens is 1. The second-order valence-corrected chi connectivity index (χ2v) is 9.90. The fourth-order valence-corrected chi connectivity index (χ4v) is 5.27. The molecule has 0 aliphatic carbocycles. The SMILES string of the molecule is O=C(OCC(=O)N1CCN(c2ccc(F)cc2)CC1)c1ccc(S(=O)(=O)N2CCOCC2)cc1. The van der Waals surface area contributed by atoms with Crippen molar-refractivity contribution in [2.75, 3.05) is 64.0 Å². The van der Waals surface area contributed by atoms with Gasteiger partial charge in [-0.05, 0) is 48.5 Å². The van der Waals surface area contributed by atoms with Crippen molar-refractivity contribution in [2.45, 2.75) is 4.90 Å². The zero-order chi connectivity index (χ0) is 24.1. The van der Waals surface area contributed by atoms with E-state index >= 15 is 0 Å². The molecule has 9 nitrogen and oxygen atoms in total. The normalized spacial score (nSPS) is 17.4. The van der Waals surface area contributed by atoms with Crippen LogP contribution in [0, 0.1) is 5.82 Å². The number of piperazine rings is 1. The van der Waals surface area contributed by atoms with Gasteiger partial charge in [0.15, 0.2) is 6.61 Å². The van der Waals surface area contributed by atoms with E-state index in [2.05, 4.69) is 4.90 Å². The number of amides is 1. The Kier molecular flexibility index (Phi) is 7.44. The third kappa shape index (κ3) is 5.54. The van der Waals surface area contributed by atoms with E-state index in [-0.39, 0.29) is 35.3 Å². The van der Waals surface area contributed by atoms with Gasteiger partial charge in [-0.25, -0.2) is 17.6 Å². The van der Waals surface area contributed by atoms with Gasteiger partial charge < -0.3 is 19.3 Å². The van der Waals surface area contributed by atoms with E-state index in [9.17, 15) is 22.4 Å². The first-order chi connectivity index (χ1) is 16.3. The van der Waals surface area contributed by atoms with Crippen LogP contribution in [-0.2, 0) is 24.3 Å². The van der Waals surface area contributed by atoms with Crippen molar-refractivity contribution in [3.8, 4) is 0 Å². The molecule has 11 heteroatoms. The number of hydrogen-bond acceptors (Lipinski definition) is 7. The largest absolute Gasteiger partial charge is 0.452 e. The average molecular weight is 492 g/mol. The molecule has 0 radical (unpaired) electrons. The Morgan fingerprint density at radius 1 is 0.882 bits per heavy atom. The first-order valence-electron chi connectivity index (χ1n) is 11.0. The number of esters is 1. The minimum Gasteiger partial charge on any atom is -0.452 e. The first kappa shape index (κ1) is 24.1. The highest BCUT2D eigenvalue weighted by Gasteiger charge is 2.27. The Morgan fingerprint density at radius 3 is 2.12 bits per heavy atom. The van der Waals surface area contributed by atoms with Gasteiger partial charge in [0.1, 0.15) is 5.82 Å². The molecule has 2 heterocycles. The van der Waals surface area contributed by atoms with Crippen LogP contribution in [-0.4, -0.2) is 88.6 Å². The summed E-state index contributed by atoms with van der Waals surface area (Å²) in [6.07, 6.45) is 0. The number of ether oxygens (including phenoxy) is 2. The maximum atomic E-state index is 13.1. The Labute approximate surface area is 197 Å².